The van der Waals surface area contributed by atoms with Crippen molar-refractivity contribution in [2.45, 2.75) is 6.92 Å². The van der Waals surface area contributed by atoms with Gasteiger partial charge in [0.15, 0.2) is 6.61 Å². The summed E-state index contributed by atoms with van der Waals surface area (Å²) in [7, 11) is 0. The summed E-state index contributed by atoms with van der Waals surface area (Å²) >= 11 is 0. The van der Waals surface area contributed by atoms with Crippen molar-refractivity contribution in [1.29, 1.82) is 0 Å². The Morgan fingerprint density at radius 1 is 0.759 bits per heavy atom. The summed E-state index contributed by atoms with van der Waals surface area (Å²) in [6.07, 6.45) is 0. The zero-order chi connectivity index (χ0) is 20.5. The molecular formula is C24H24N2O3. The summed E-state index contributed by atoms with van der Waals surface area (Å²) in [6, 6.07) is 24.9. The Bertz CT molecular complexity index is 936. The summed E-state index contributed by atoms with van der Waals surface area (Å²) in [4.78, 5) is 24.0. The van der Waals surface area contributed by atoms with Crippen LogP contribution in [0.15, 0.2) is 78.9 Å². The molecule has 3 rings (SSSR count). The lowest BCUT2D eigenvalue weighted by Gasteiger charge is -2.09. The number of nitrogens with one attached hydrogen (secondary N) is 2. The minimum absolute atomic E-state index is 0.0576. The molecule has 29 heavy (non-hydrogen) atoms. The molecule has 0 unspecified atom stereocenters. The highest BCUT2D eigenvalue weighted by Gasteiger charge is 2.06. The standard InChI is InChI=1S/C24H24N2O3/c1-18-7-13-22(14-8-18)29-17-23(27)25-15-16-26-24(28)21-11-9-20(10-12-21)19-5-3-2-4-6-19/h2-14H,15-17H2,1H3,(H,25,27)(H,26,28). The smallest absolute Gasteiger partial charge is 0.258 e. The molecule has 0 aliphatic carbocycles. The molecule has 0 aromatic heterocycles. The molecule has 0 saturated carbocycles. The molecule has 2 N–H and O–H groups in total. The first-order valence-electron chi connectivity index (χ1n) is 9.52. The van der Waals surface area contributed by atoms with Crippen molar-refractivity contribution < 1.29 is 14.3 Å². The Labute approximate surface area is 170 Å². The fourth-order valence-electron chi connectivity index (χ4n) is 2.76. The summed E-state index contributed by atoms with van der Waals surface area (Å²) in [5.41, 5.74) is 3.88. The van der Waals surface area contributed by atoms with Gasteiger partial charge in [-0.3, -0.25) is 9.59 Å². The highest BCUT2D eigenvalue weighted by molar-refractivity contribution is 5.94. The number of hydrogen-bond donors (Lipinski definition) is 2. The molecule has 0 radical (unpaired) electrons. The van der Waals surface area contributed by atoms with Gasteiger partial charge in [-0.2, -0.15) is 0 Å². The van der Waals surface area contributed by atoms with Crippen molar-refractivity contribution in [3.8, 4) is 16.9 Å². The Hall–Kier alpha value is -3.60. The highest BCUT2D eigenvalue weighted by atomic mass is 16.5. The van der Waals surface area contributed by atoms with Gasteiger partial charge in [0.25, 0.3) is 11.8 Å². The normalized spacial score (nSPS) is 10.2. The van der Waals surface area contributed by atoms with Gasteiger partial charge >= 0.3 is 0 Å². The van der Waals surface area contributed by atoms with E-state index in [9.17, 15) is 9.59 Å². The van der Waals surface area contributed by atoms with E-state index in [0.717, 1.165) is 16.7 Å². The third kappa shape index (κ3) is 6.21. The highest BCUT2D eigenvalue weighted by Crippen LogP contribution is 2.19. The number of ether oxygens (including phenoxy) is 1. The van der Waals surface area contributed by atoms with E-state index in [1.165, 1.54) is 0 Å². The SMILES string of the molecule is Cc1ccc(OCC(=O)NCCNC(=O)c2ccc(-c3ccccc3)cc2)cc1. The molecule has 0 bridgehead atoms. The fraction of sp³-hybridized carbons (Fsp3) is 0.167. The average molecular weight is 388 g/mol. The molecule has 0 saturated heterocycles. The summed E-state index contributed by atoms with van der Waals surface area (Å²) in [6.45, 7) is 2.61. The number of aryl methyl sites for hydroxylation is 1. The van der Waals surface area contributed by atoms with Crippen molar-refractivity contribution in [2.24, 2.45) is 0 Å². The number of carbonyl (C=O) groups is 2. The zero-order valence-corrected chi connectivity index (χ0v) is 16.4. The summed E-state index contributed by atoms with van der Waals surface area (Å²) in [5, 5.41) is 5.52. The molecule has 0 atom stereocenters. The Kier molecular flexibility index (Phi) is 7.00. The summed E-state index contributed by atoms with van der Waals surface area (Å²) < 4.78 is 5.42. The van der Waals surface area contributed by atoms with Crippen molar-refractivity contribution in [3.63, 3.8) is 0 Å². The third-order valence-corrected chi connectivity index (χ3v) is 4.38. The van der Waals surface area contributed by atoms with Crippen LogP contribution >= 0.6 is 0 Å². The van der Waals surface area contributed by atoms with Crippen LogP contribution in [0.3, 0.4) is 0 Å². The second-order valence-corrected chi connectivity index (χ2v) is 6.65. The van der Waals surface area contributed by atoms with Gasteiger partial charge in [-0.1, -0.05) is 60.2 Å². The van der Waals surface area contributed by atoms with Crippen molar-refractivity contribution in [1.82, 2.24) is 10.6 Å². The second-order valence-electron chi connectivity index (χ2n) is 6.65. The minimum Gasteiger partial charge on any atom is -0.484 e. The van der Waals surface area contributed by atoms with Crippen LogP contribution in [-0.2, 0) is 4.79 Å². The van der Waals surface area contributed by atoms with Crippen LogP contribution in [-0.4, -0.2) is 31.5 Å². The van der Waals surface area contributed by atoms with Gasteiger partial charge in [0, 0.05) is 18.7 Å². The fourth-order valence-corrected chi connectivity index (χ4v) is 2.76. The number of rotatable bonds is 8. The first-order chi connectivity index (χ1) is 14.1. The Morgan fingerprint density at radius 3 is 2.07 bits per heavy atom. The molecule has 0 fully saturated rings. The van der Waals surface area contributed by atoms with Crippen LogP contribution in [0.25, 0.3) is 11.1 Å². The third-order valence-electron chi connectivity index (χ3n) is 4.38. The molecule has 3 aromatic carbocycles. The van der Waals surface area contributed by atoms with Crippen molar-refractivity contribution in [3.05, 3.63) is 90.0 Å². The van der Waals surface area contributed by atoms with E-state index in [1.807, 2.05) is 73.7 Å². The van der Waals surface area contributed by atoms with Gasteiger partial charge in [0.2, 0.25) is 0 Å². The maximum Gasteiger partial charge on any atom is 0.258 e. The number of benzene rings is 3. The van der Waals surface area contributed by atoms with Gasteiger partial charge < -0.3 is 15.4 Å². The van der Waals surface area contributed by atoms with E-state index in [-0.39, 0.29) is 18.4 Å². The number of hydrogen-bond acceptors (Lipinski definition) is 3. The lowest BCUT2D eigenvalue weighted by Crippen LogP contribution is -2.36. The van der Waals surface area contributed by atoms with Crippen LogP contribution in [0, 0.1) is 6.92 Å². The monoisotopic (exact) mass is 388 g/mol. The van der Waals surface area contributed by atoms with E-state index in [2.05, 4.69) is 10.6 Å². The first kappa shape index (κ1) is 20.1. The lowest BCUT2D eigenvalue weighted by atomic mass is 10.0. The Balaban J connectivity index is 1.37. The molecule has 0 aliphatic rings. The topological polar surface area (TPSA) is 67.4 Å². The molecule has 0 spiro atoms. The van der Waals surface area contributed by atoms with Crippen LogP contribution in [0.5, 0.6) is 5.75 Å². The average Bonchev–Trinajstić information content (AvgIpc) is 2.77. The molecule has 5 heteroatoms. The van der Waals surface area contributed by atoms with Crippen molar-refractivity contribution in [2.75, 3.05) is 19.7 Å². The van der Waals surface area contributed by atoms with E-state index in [4.69, 9.17) is 4.74 Å². The van der Waals surface area contributed by atoms with Crippen LogP contribution in [0.1, 0.15) is 15.9 Å². The molecule has 2 amide bonds. The predicted octanol–water partition coefficient (Wildman–Crippen LogP) is 3.59. The van der Waals surface area contributed by atoms with Gasteiger partial charge in [-0.15, -0.1) is 0 Å². The number of carbonyl (C=O) groups excluding carboxylic acids is 2. The molecule has 5 nitrogen and oxygen atoms in total. The summed E-state index contributed by atoms with van der Waals surface area (Å²) in [5.74, 6) is 0.250. The van der Waals surface area contributed by atoms with Gasteiger partial charge in [-0.25, -0.2) is 0 Å². The van der Waals surface area contributed by atoms with E-state index < -0.39 is 0 Å². The lowest BCUT2D eigenvalue weighted by molar-refractivity contribution is -0.123. The first-order valence-corrected chi connectivity index (χ1v) is 9.52. The van der Waals surface area contributed by atoms with Gasteiger partial charge in [-0.05, 0) is 42.3 Å². The van der Waals surface area contributed by atoms with Gasteiger partial charge in [0.1, 0.15) is 5.75 Å². The maximum absolute atomic E-state index is 12.2. The maximum atomic E-state index is 12.2. The molecule has 3 aromatic rings. The minimum atomic E-state index is -0.230. The van der Waals surface area contributed by atoms with Gasteiger partial charge in [0.05, 0.1) is 0 Å². The van der Waals surface area contributed by atoms with E-state index in [1.54, 1.807) is 12.1 Å². The second kappa shape index (κ2) is 10.1. The molecular weight excluding hydrogens is 364 g/mol. The molecule has 148 valence electrons. The van der Waals surface area contributed by atoms with Crippen LogP contribution in [0.4, 0.5) is 0 Å². The molecule has 0 aliphatic heterocycles. The van der Waals surface area contributed by atoms with Crippen LogP contribution < -0.4 is 15.4 Å². The quantitative estimate of drug-likeness (QED) is 0.580. The van der Waals surface area contributed by atoms with E-state index in [0.29, 0.717) is 24.4 Å². The van der Waals surface area contributed by atoms with Crippen LogP contribution in [0.2, 0.25) is 0 Å². The zero-order valence-electron chi connectivity index (χ0n) is 16.4. The molecule has 0 heterocycles. The van der Waals surface area contributed by atoms with Crippen molar-refractivity contribution >= 4 is 11.8 Å². The van der Waals surface area contributed by atoms with E-state index >= 15 is 0 Å². The largest absolute Gasteiger partial charge is 0.484 e. The Morgan fingerprint density at radius 2 is 1.38 bits per heavy atom. The number of amides is 2. The predicted molar refractivity (Wildman–Crippen MR) is 114 cm³/mol.